The van der Waals surface area contributed by atoms with Crippen LogP contribution < -0.4 is 19.5 Å². The van der Waals surface area contributed by atoms with Gasteiger partial charge in [-0.15, -0.1) is 0 Å². The summed E-state index contributed by atoms with van der Waals surface area (Å²) in [7, 11) is 3.12. The third-order valence-electron chi connectivity index (χ3n) is 3.41. The van der Waals surface area contributed by atoms with Crippen molar-refractivity contribution >= 4 is 5.91 Å². The molecule has 0 saturated carbocycles. The lowest BCUT2D eigenvalue weighted by Crippen LogP contribution is -2.35. The molecule has 6 heteroatoms. The number of hydrogen-bond acceptors (Lipinski definition) is 4. The van der Waals surface area contributed by atoms with E-state index in [0.29, 0.717) is 23.8 Å². The Balaban J connectivity index is 1.91. The molecule has 0 fully saturated rings. The van der Waals surface area contributed by atoms with Crippen molar-refractivity contribution < 1.29 is 23.4 Å². The second-order valence-electron chi connectivity index (χ2n) is 5.12. The molecule has 0 aliphatic rings. The molecule has 0 unspecified atom stereocenters. The number of rotatable bonds is 7. The fraction of sp³-hybridized carbons (Fsp3) is 0.278. The Morgan fingerprint density at radius 2 is 1.75 bits per heavy atom. The molecule has 24 heavy (non-hydrogen) atoms. The molecule has 0 aliphatic carbocycles. The van der Waals surface area contributed by atoms with Crippen LogP contribution >= 0.6 is 0 Å². The highest BCUT2D eigenvalue weighted by Crippen LogP contribution is 2.27. The third-order valence-corrected chi connectivity index (χ3v) is 3.41. The van der Waals surface area contributed by atoms with Crippen molar-refractivity contribution in [2.24, 2.45) is 0 Å². The first-order valence-electron chi connectivity index (χ1n) is 7.44. The van der Waals surface area contributed by atoms with Gasteiger partial charge >= 0.3 is 0 Å². The number of halogens is 1. The summed E-state index contributed by atoms with van der Waals surface area (Å²) in [5.41, 5.74) is 0.870. The lowest BCUT2D eigenvalue weighted by molar-refractivity contribution is -0.127. The van der Waals surface area contributed by atoms with Gasteiger partial charge in [0.1, 0.15) is 11.6 Å². The van der Waals surface area contributed by atoms with Crippen molar-refractivity contribution in [2.75, 3.05) is 14.2 Å². The Bertz CT molecular complexity index is 688. The van der Waals surface area contributed by atoms with E-state index in [1.54, 1.807) is 33.3 Å². The first-order valence-corrected chi connectivity index (χ1v) is 7.44. The number of ether oxygens (including phenoxy) is 3. The zero-order valence-electron chi connectivity index (χ0n) is 13.8. The van der Waals surface area contributed by atoms with E-state index in [2.05, 4.69) is 5.32 Å². The molecular weight excluding hydrogens is 313 g/mol. The predicted molar refractivity (Wildman–Crippen MR) is 87.9 cm³/mol. The molecular formula is C18H20FNO4. The second kappa shape index (κ2) is 8.19. The average molecular weight is 333 g/mol. The highest BCUT2D eigenvalue weighted by Gasteiger charge is 2.14. The van der Waals surface area contributed by atoms with Crippen molar-refractivity contribution in [3.05, 3.63) is 53.8 Å². The molecule has 1 amide bonds. The topological polar surface area (TPSA) is 56.8 Å². The van der Waals surface area contributed by atoms with E-state index in [1.165, 1.54) is 24.3 Å². The zero-order valence-corrected chi connectivity index (χ0v) is 13.8. The van der Waals surface area contributed by atoms with Gasteiger partial charge < -0.3 is 19.5 Å². The fourth-order valence-electron chi connectivity index (χ4n) is 2.09. The van der Waals surface area contributed by atoms with E-state index in [0.717, 1.165) is 5.56 Å². The van der Waals surface area contributed by atoms with E-state index < -0.39 is 6.10 Å². The number of amides is 1. The van der Waals surface area contributed by atoms with Crippen molar-refractivity contribution in [2.45, 2.75) is 19.6 Å². The van der Waals surface area contributed by atoms with E-state index in [4.69, 9.17) is 14.2 Å². The van der Waals surface area contributed by atoms with Crippen LogP contribution in [-0.2, 0) is 11.3 Å². The number of hydrogen-bond donors (Lipinski definition) is 1. The van der Waals surface area contributed by atoms with Crippen molar-refractivity contribution in [1.82, 2.24) is 5.32 Å². The monoisotopic (exact) mass is 333 g/mol. The molecule has 1 N–H and O–H groups in total. The van der Waals surface area contributed by atoms with Gasteiger partial charge in [-0.05, 0) is 48.9 Å². The maximum Gasteiger partial charge on any atom is 0.261 e. The van der Waals surface area contributed by atoms with Crippen LogP contribution in [0.4, 0.5) is 4.39 Å². The van der Waals surface area contributed by atoms with Gasteiger partial charge in [-0.3, -0.25) is 4.79 Å². The van der Waals surface area contributed by atoms with Gasteiger partial charge in [0.25, 0.3) is 5.91 Å². The van der Waals surface area contributed by atoms with E-state index >= 15 is 0 Å². The largest absolute Gasteiger partial charge is 0.493 e. The van der Waals surface area contributed by atoms with Crippen LogP contribution in [0.2, 0.25) is 0 Å². The minimum absolute atomic E-state index is 0.269. The minimum atomic E-state index is -0.699. The average Bonchev–Trinajstić information content (AvgIpc) is 2.61. The predicted octanol–water partition coefficient (Wildman–Crippen LogP) is 2.93. The fourth-order valence-corrected chi connectivity index (χ4v) is 2.09. The summed E-state index contributed by atoms with van der Waals surface area (Å²) in [4.78, 5) is 12.1. The number of carbonyl (C=O) groups excluding carboxylic acids is 1. The lowest BCUT2D eigenvalue weighted by atomic mass is 10.2. The van der Waals surface area contributed by atoms with Gasteiger partial charge in [-0.2, -0.15) is 0 Å². The van der Waals surface area contributed by atoms with Crippen LogP contribution in [0.25, 0.3) is 0 Å². The van der Waals surface area contributed by atoms with Gasteiger partial charge in [0.15, 0.2) is 17.6 Å². The zero-order chi connectivity index (χ0) is 17.5. The van der Waals surface area contributed by atoms with E-state index in [-0.39, 0.29) is 11.7 Å². The van der Waals surface area contributed by atoms with Gasteiger partial charge in [-0.1, -0.05) is 6.07 Å². The van der Waals surface area contributed by atoms with Crippen LogP contribution in [-0.4, -0.2) is 26.2 Å². The number of methoxy groups -OCH3 is 2. The molecule has 0 radical (unpaired) electrons. The van der Waals surface area contributed by atoms with Crippen molar-refractivity contribution in [1.29, 1.82) is 0 Å². The van der Waals surface area contributed by atoms with Crippen LogP contribution in [0.1, 0.15) is 12.5 Å². The Morgan fingerprint density at radius 3 is 2.38 bits per heavy atom. The molecule has 2 aromatic carbocycles. The quantitative estimate of drug-likeness (QED) is 0.846. The van der Waals surface area contributed by atoms with Gasteiger partial charge in [0, 0.05) is 6.54 Å². The summed E-state index contributed by atoms with van der Waals surface area (Å²) >= 11 is 0. The van der Waals surface area contributed by atoms with Crippen LogP contribution in [0.5, 0.6) is 17.2 Å². The highest BCUT2D eigenvalue weighted by molar-refractivity contribution is 5.80. The summed E-state index contributed by atoms with van der Waals surface area (Å²) in [6, 6.07) is 10.9. The van der Waals surface area contributed by atoms with Crippen molar-refractivity contribution in [3.63, 3.8) is 0 Å². The number of carbonyl (C=O) groups is 1. The summed E-state index contributed by atoms with van der Waals surface area (Å²) in [6.07, 6.45) is -0.699. The van der Waals surface area contributed by atoms with Crippen LogP contribution in [0.3, 0.4) is 0 Å². The molecule has 1 atom stereocenters. The summed E-state index contributed by atoms with van der Waals surface area (Å²) in [5.74, 6) is 1.03. The minimum Gasteiger partial charge on any atom is -0.493 e. The molecule has 128 valence electrons. The molecule has 0 spiro atoms. The van der Waals surface area contributed by atoms with Gasteiger partial charge in [0.05, 0.1) is 14.2 Å². The Labute approximate surface area is 140 Å². The normalized spacial score (nSPS) is 11.5. The maximum atomic E-state index is 12.9. The summed E-state index contributed by atoms with van der Waals surface area (Å²) < 4.78 is 28.7. The first kappa shape index (κ1) is 17.6. The Morgan fingerprint density at radius 1 is 1.08 bits per heavy atom. The third kappa shape index (κ3) is 4.62. The SMILES string of the molecule is COc1ccc(CNC(=O)[C@H](C)Oc2ccc(F)cc2)cc1OC. The Kier molecular flexibility index (Phi) is 6.01. The molecule has 0 saturated heterocycles. The number of benzene rings is 2. The standard InChI is InChI=1S/C18H20FNO4/c1-12(24-15-7-5-14(19)6-8-15)18(21)20-11-13-4-9-16(22-2)17(10-13)23-3/h4-10,12H,11H2,1-3H3,(H,20,21)/t12-/m0/s1. The summed E-state index contributed by atoms with van der Waals surface area (Å²) in [5, 5.41) is 2.78. The Hall–Kier alpha value is -2.76. The molecule has 0 heterocycles. The highest BCUT2D eigenvalue weighted by atomic mass is 19.1. The molecule has 2 rings (SSSR count). The first-order chi connectivity index (χ1) is 11.5. The van der Waals surface area contributed by atoms with E-state index in [1.807, 2.05) is 6.07 Å². The number of nitrogens with one attached hydrogen (secondary N) is 1. The molecule has 5 nitrogen and oxygen atoms in total. The summed E-state index contributed by atoms with van der Waals surface area (Å²) in [6.45, 7) is 1.96. The van der Waals surface area contributed by atoms with Gasteiger partial charge in [0.2, 0.25) is 0 Å². The smallest absolute Gasteiger partial charge is 0.261 e. The van der Waals surface area contributed by atoms with Crippen LogP contribution in [0.15, 0.2) is 42.5 Å². The second-order valence-corrected chi connectivity index (χ2v) is 5.12. The molecule has 0 aromatic heterocycles. The lowest BCUT2D eigenvalue weighted by Gasteiger charge is -2.15. The molecule has 0 aliphatic heterocycles. The maximum absolute atomic E-state index is 12.9. The van der Waals surface area contributed by atoms with Crippen molar-refractivity contribution in [3.8, 4) is 17.2 Å². The van der Waals surface area contributed by atoms with E-state index in [9.17, 15) is 9.18 Å². The van der Waals surface area contributed by atoms with Crippen LogP contribution in [0, 0.1) is 5.82 Å². The molecule has 2 aromatic rings. The van der Waals surface area contributed by atoms with Gasteiger partial charge in [-0.25, -0.2) is 4.39 Å². The molecule has 0 bridgehead atoms.